The van der Waals surface area contributed by atoms with Gasteiger partial charge in [-0.15, -0.1) is 0 Å². The van der Waals surface area contributed by atoms with Crippen LogP contribution in [0.1, 0.15) is 47.1 Å². The number of nitrogen functional groups attached to an aromatic ring is 1. The summed E-state index contributed by atoms with van der Waals surface area (Å²) < 4.78 is 15.9. The molecule has 146 valence electrons. The third kappa shape index (κ3) is 7.63. The molecule has 0 aliphatic carbocycles. The number of carbonyl (C=O) groups is 2. The summed E-state index contributed by atoms with van der Waals surface area (Å²) in [5.41, 5.74) is 5.72. The molecule has 7 nitrogen and oxygen atoms in total. The highest BCUT2D eigenvalue weighted by Gasteiger charge is 2.29. The molecule has 1 aromatic carbocycles. The molecule has 0 fully saturated rings. The number of nitrogens with one attached hydrogen (secondary N) is 1. The van der Waals surface area contributed by atoms with Crippen LogP contribution in [0.4, 0.5) is 10.5 Å². The monoisotopic (exact) mass is 366 g/mol. The summed E-state index contributed by atoms with van der Waals surface area (Å²) in [4.78, 5) is 24.7. The summed E-state index contributed by atoms with van der Waals surface area (Å²) in [5.74, 6) is -0.0399. The number of nitrogens with two attached hydrogens (primary N) is 1. The Morgan fingerprint density at radius 1 is 1.08 bits per heavy atom. The Bertz CT molecular complexity index is 644. The molecular weight excluding hydrogens is 336 g/mol. The van der Waals surface area contributed by atoms with Gasteiger partial charge in [-0.05, 0) is 59.2 Å². The van der Waals surface area contributed by atoms with E-state index in [1.165, 1.54) is 7.11 Å². The molecule has 3 N–H and O–H groups in total. The molecule has 0 saturated heterocycles. The lowest BCUT2D eigenvalue weighted by Gasteiger charge is -2.26. The van der Waals surface area contributed by atoms with E-state index in [4.69, 9.17) is 19.9 Å². The second-order valence-corrected chi connectivity index (χ2v) is 8.01. The van der Waals surface area contributed by atoms with Gasteiger partial charge in [0, 0.05) is 6.42 Å². The van der Waals surface area contributed by atoms with E-state index >= 15 is 0 Å². The number of benzene rings is 1. The number of methoxy groups -OCH3 is 1. The van der Waals surface area contributed by atoms with Gasteiger partial charge in [-0.25, -0.2) is 9.59 Å². The molecule has 0 aromatic heterocycles. The van der Waals surface area contributed by atoms with Gasteiger partial charge < -0.3 is 25.3 Å². The number of amides is 1. The van der Waals surface area contributed by atoms with Crippen LogP contribution in [0.15, 0.2) is 18.2 Å². The van der Waals surface area contributed by atoms with Crippen molar-refractivity contribution >= 4 is 17.7 Å². The lowest BCUT2D eigenvalue weighted by molar-refractivity contribution is -0.157. The lowest BCUT2D eigenvalue weighted by Crippen LogP contribution is -2.47. The first-order valence-electron chi connectivity index (χ1n) is 8.45. The predicted molar refractivity (Wildman–Crippen MR) is 100 cm³/mol. The SMILES string of the molecule is COc1cc(C[C@H](NC(=O)OC(C)(C)C)C(=O)OC(C)(C)C)ccc1N. The van der Waals surface area contributed by atoms with Crippen LogP contribution in [0.3, 0.4) is 0 Å². The molecule has 1 aromatic rings. The smallest absolute Gasteiger partial charge is 0.408 e. The molecule has 0 heterocycles. The van der Waals surface area contributed by atoms with Crippen LogP contribution in [-0.2, 0) is 20.7 Å². The van der Waals surface area contributed by atoms with Gasteiger partial charge in [-0.1, -0.05) is 6.07 Å². The maximum atomic E-state index is 12.5. The summed E-state index contributed by atoms with van der Waals surface area (Å²) in [7, 11) is 1.51. The number of carbonyl (C=O) groups excluding carboxylic acids is 2. The summed E-state index contributed by atoms with van der Waals surface area (Å²) in [6, 6.07) is 4.28. The van der Waals surface area contributed by atoms with Crippen molar-refractivity contribution in [3.05, 3.63) is 23.8 Å². The van der Waals surface area contributed by atoms with Gasteiger partial charge in [0.05, 0.1) is 12.8 Å². The summed E-state index contributed by atoms with van der Waals surface area (Å²) >= 11 is 0. The van der Waals surface area contributed by atoms with Crippen molar-refractivity contribution in [2.45, 2.75) is 65.2 Å². The Morgan fingerprint density at radius 2 is 1.65 bits per heavy atom. The van der Waals surface area contributed by atoms with Crippen molar-refractivity contribution in [2.24, 2.45) is 0 Å². The number of hydrogen-bond acceptors (Lipinski definition) is 6. The second kappa shape index (κ2) is 8.29. The maximum Gasteiger partial charge on any atom is 0.408 e. The van der Waals surface area contributed by atoms with Crippen LogP contribution in [0.25, 0.3) is 0 Å². The fraction of sp³-hybridized carbons (Fsp3) is 0.579. The molecule has 0 radical (unpaired) electrons. The summed E-state index contributed by atoms with van der Waals surface area (Å²) in [5, 5.41) is 2.59. The summed E-state index contributed by atoms with van der Waals surface area (Å²) in [6.45, 7) is 10.5. The van der Waals surface area contributed by atoms with E-state index in [9.17, 15) is 9.59 Å². The van der Waals surface area contributed by atoms with Gasteiger partial charge in [0.1, 0.15) is 23.0 Å². The number of rotatable bonds is 5. The fourth-order valence-corrected chi connectivity index (χ4v) is 2.13. The molecule has 1 amide bonds. The zero-order chi connectivity index (χ0) is 20.1. The highest BCUT2D eigenvalue weighted by atomic mass is 16.6. The largest absolute Gasteiger partial charge is 0.495 e. The minimum absolute atomic E-state index is 0.213. The minimum atomic E-state index is -0.905. The fourth-order valence-electron chi connectivity index (χ4n) is 2.13. The van der Waals surface area contributed by atoms with Gasteiger partial charge >= 0.3 is 12.1 Å². The van der Waals surface area contributed by atoms with Crippen LogP contribution in [0.5, 0.6) is 5.75 Å². The molecule has 7 heteroatoms. The van der Waals surface area contributed by atoms with Crippen LogP contribution in [0, 0.1) is 0 Å². The third-order valence-electron chi connectivity index (χ3n) is 3.12. The van der Waals surface area contributed by atoms with Gasteiger partial charge in [0.15, 0.2) is 0 Å². The molecule has 0 unspecified atom stereocenters. The molecule has 0 spiro atoms. The van der Waals surface area contributed by atoms with Crippen molar-refractivity contribution in [1.82, 2.24) is 5.32 Å². The van der Waals surface area contributed by atoms with Crippen molar-refractivity contribution in [2.75, 3.05) is 12.8 Å². The Morgan fingerprint density at radius 3 is 2.15 bits per heavy atom. The number of hydrogen-bond donors (Lipinski definition) is 2. The van der Waals surface area contributed by atoms with Gasteiger partial charge in [0.25, 0.3) is 0 Å². The van der Waals surface area contributed by atoms with Crippen molar-refractivity contribution in [3.8, 4) is 5.75 Å². The number of ether oxygens (including phenoxy) is 3. The molecular formula is C19H30N2O5. The van der Waals surface area contributed by atoms with E-state index < -0.39 is 29.3 Å². The molecule has 1 atom stereocenters. The second-order valence-electron chi connectivity index (χ2n) is 8.01. The predicted octanol–water partition coefficient (Wildman–Crippen LogP) is 3.05. The Balaban J connectivity index is 3.00. The van der Waals surface area contributed by atoms with Gasteiger partial charge in [0.2, 0.25) is 0 Å². The molecule has 0 aliphatic heterocycles. The normalized spacial score (nSPS) is 12.9. The summed E-state index contributed by atoms with van der Waals surface area (Å²) in [6.07, 6.45) is -0.471. The zero-order valence-corrected chi connectivity index (χ0v) is 16.6. The molecule has 26 heavy (non-hydrogen) atoms. The zero-order valence-electron chi connectivity index (χ0n) is 16.6. The van der Waals surface area contributed by atoms with Crippen molar-refractivity contribution in [1.29, 1.82) is 0 Å². The standard InChI is InChI=1S/C19H30N2O5/c1-18(2,3)25-16(22)14(21-17(23)26-19(4,5)6)10-12-8-9-13(20)15(11-12)24-7/h8-9,11,14H,10,20H2,1-7H3,(H,21,23)/t14-/m0/s1. The number of alkyl carbamates (subject to hydrolysis) is 1. The average molecular weight is 366 g/mol. The highest BCUT2D eigenvalue weighted by Crippen LogP contribution is 2.23. The first kappa shape index (κ1) is 21.6. The number of esters is 1. The molecule has 0 bridgehead atoms. The van der Waals surface area contributed by atoms with Gasteiger partial charge in [-0.3, -0.25) is 0 Å². The van der Waals surface area contributed by atoms with E-state index in [0.717, 1.165) is 5.56 Å². The van der Waals surface area contributed by atoms with E-state index in [-0.39, 0.29) is 6.42 Å². The van der Waals surface area contributed by atoms with Crippen LogP contribution >= 0.6 is 0 Å². The number of anilines is 1. The van der Waals surface area contributed by atoms with Crippen LogP contribution < -0.4 is 15.8 Å². The van der Waals surface area contributed by atoms with E-state index in [1.54, 1.807) is 59.7 Å². The molecule has 0 saturated carbocycles. The molecule has 1 rings (SSSR count). The van der Waals surface area contributed by atoms with E-state index in [1.807, 2.05) is 0 Å². The first-order valence-corrected chi connectivity index (χ1v) is 8.45. The van der Waals surface area contributed by atoms with E-state index in [2.05, 4.69) is 5.32 Å². The lowest BCUT2D eigenvalue weighted by atomic mass is 10.0. The maximum absolute atomic E-state index is 12.5. The third-order valence-corrected chi connectivity index (χ3v) is 3.12. The van der Waals surface area contributed by atoms with E-state index in [0.29, 0.717) is 11.4 Å². The van der Waals surface area contributed by atoms with Gasteiger partial charge in [-0.2, -0.15) is 0 Å². The quantitative estimate of drug-likeness (QED) is 0.614. The topological polar surface area (TPSA) is 99.9 Å². The van der Waals surface area contributed by atoms with Crippen LogP contribution in [0.2, 0.25) is 0 Å². The minimum Gasteiger partial charge on any atom is -0.495 e. The van der Waals surface area contributed by atoms with Crippen molar-refractivity contribution < 1.29 is 23.8 Å². The Labute approximate surface area is 155 Å². The first-order chi connectivity index (χ1) is 11.8. The highest BCUT2D eigenvalue weighted by molar-refractivity contribution is 5.82. The Hall–Kier alpha value is -2.44. The molecule has 0 aliphatic rings. The Kier molecular flexibility index (Phi) is 6.89. The van der Waals surface area contributed by atoms with Crippen molar-refractivity contribution in [3.63, 3.8) is 0 Å². The average Bonchev–Trinajstić information content (AvgIpc) is 2.44. The van der Waals surface area contributed by atoms with Crippen LogP contribution in [-0.4, -0.2) is 36.4 Å².